The molecule has 4 heteroatoms. The molecule has 1 rings (SSSR count). The third kappa shape index (κ3) is 3.79. The fourth-order valence-corrected chi connectivity index (χ4v) is 1.86. The highest BCUT2D eigenvalue weighted by molar-refractivity contribution is 6.31. The number of nitrogens with zero attached hydrogens (tertiary/aromatic N) is 1. The zero-order valence-corrected chi connectivity index (χ0v) is 10.7. The lowest BCUT2D eigenvalue weighted by Gasteiger charge is -2.20. The summed E-state index contributed by atoms with van der Waals surface area (Å²) < 4.78 is 0. The highest BCUT2D eigenvalue weighted by Gasteiger charge is 2.14. The lowest BCUT2D eigenvalue weighted by atomic mass is 10.1. The van der Waals surface area contributed by atoms with Crippen molar-refractivity contribution in [3.8, 4) is 0 Å². The largest absolute Gasteiger partial charge is 0.399 e. The Kier molecular flexibility index (Phi) is 5.04. The molecule has 0 bridgehead atoms. The van der Waals surface area contributed by atoms with Gasteiger partial charge in [-0.15, -0.1) is 6.58 Å². The molecule has 1 amide bonds. The SMILES string of the molecule is C=CCN(CCC)C(=O)c1cc(N)cc(Cl)c1. The van der Waals surface area contributed by atoms with Gasteiger partial charge in [0, 0.05) is 29.4 Å². The summed E-state index contributed by atoms with van der Waals surface area (Å²) in [5.41, 5.74) is 6.68. The fourth-order valence-electron chi connectivity index (χ4n) is 1.62. The summed E-state index contributed by atoms with van der Waals surface area (Å²) in [6, 6.07) is 4.89. The van der Waals surface area contributed by atoms with Crippen LogP contribution in [0.1, 0.15) is 23.7 Å². The van der Waals surface area contributed by atoms with Crippen molar-refractivity contribution in [3.63, 3.8) is 0 Å². The molecule has 17 heavy (non-hydrogen) atoms. The summed E-state index contributed by atoms with van der Waals surface area (Å²) in [6.07, 6.45) is 2.61. The first kappa shape index (κ1) is 13.6. The molecule has 0 atom stereocenters. The van der Waals surface area contributed by atoms with Crippen LogP contribution in [0.25, 0.3) is 0 Å². The van der Waals surface area contributed by atoms with Gasteiger partial charge >= 0.3 is 0 Å². The Morgan fingerprint density at radius 3 is 2.76 bits per heavy atom. The van der Waals surface area contributed by atoms with E-state index in [4.69, 9.17) is 17.3 Å². The van der Waals surface area contributed by atoms with E-state index in [2.05, 4.69) is 6.58 Å². The number of carbonyl (C=O) groups excluding carboxylic acids is 1. The molecule has 0 heterocycles. The molecule has 0 unspecified atom stereocenters. The summed E-state index contributed by atoms with van der Waals surface area (Å²) in [4.78, 5) is 13.9. The Bertz CT molecular complexity index is 398. The number of nitrogen functional groups attached to an aromatic ring is 1. The van der Waals surface area contributed by atoms with Gasteiger partial charge in [-0.05, 0) is 24.6 Å². The quantitative estimate of drug-likeness (QED) is 0.647. The molecule has 3 nitrogen and oxygen atoms in total. The molecule has 0 aromatic heterocycles. The van der Waals surface area contributed by atoms with Gasteiger partial charge in [-0.25, -0.2) is 0 Å². The van der Waals surface area contributed by atoms with Gasteiger partial charge < -0.3 is 10.6 Å². The number of nitrogens with two attached hydrogens (primary N) is 1. The Hall–Kier alpha value is -1.48. The molecular weight excluding hydrogens is 236 g/mol. The van der Waals surface area contributed by atoms with Gasteiger partial charge in [0.25, 0.3) is 5.91 Å². The fraction of sp³-hybridized carbons (Fsp3) is 0.308. The number of hydrogen-bond donors (Lipinski definition) is 1. The van der Waals surface area contributed by atoms with Gasteiger partial charge in [0.1, 0.15) is 0 Å². The van der Waals surface area contributed by atoms with Crippen LogP contribution in [0.15, 0.2) is 30.9 Å². The van der Waals surface area contributed by atoms with E-state index < -0.39 is 0 Å². The number of anilines is 1. The maximum atomic E-state index is 12.2. The molecule has 0 aliphatic heterocycles. The minimum atomic E-state index is -0.0686. The molecule has 0 fully saturated rings. The molecule has 1 aromatic carbocycles. The summed E-state index contributed by atoms with van der Waals surface area (Å²) in [7, 11) is 0. The van der Waals surface area contributed by atoms with Gasteiger partial charge in [0.15, 0.2) is 0 Å². The van der Waals surface area contributed by atoms with Crippen LogP contribution in [-0.2, 0) is 0 Å². The standard InChI is InChI=1S/C13H17ClN2O/c1-3-5-16(6-4-2)13(17)10-7-11(14)9-12(15)8-10/h3,7-9H,1,4-6,15H2,2H3. The minimum Gasteiger partial charge on any atom is -0.399 e. The second-order valence-corrected chi connectivity index (χ2v) is 4.25. The van der Waals surface area contributed by atoms with Gasteiger partial charge in [-0.3, -0.25) is 4.79 Å². The summed E-state index contributed by atoms with van der Waals surface area (Å²) in [5.74, 6) is -0.0686. The average molecular weight is 253 g/mol. The first-order valence-electron chi connectivity index (χ1n) is 5.54. The number of benzene rings is 1. The Labute approximate surface area is 107 Å². The maximum Gasteiger partial charge on any atom is 0.254 e. The normalized spacial score (nSPS) is 10.0. The summed E-state index contributed by atoms with van der Waals surface area (Å²) in [5, 5.41) is 0.475. The van der Waals surface area contributed by atoms with Crippen LogP contribution < -0.4 is 5.73 Å². The second-order valence-electron chi connectivity index (χ2n) is 3.81. The van der Waals surface area contributed by atoms with E-state index >= 15 is 0 Å². The van der Waals surface area contributed by atoms with Crippen LogP contribution >= 0.6 is 11.6 Å². The van der Waals surface area contributed by atoms with E-state index in [1.807, 2.05) is 6.92 Å². The zero-order chi connectivity index (χ0) is 12.8. The summed E-state index contributed by atoms with van der Waals surface area (Å²) >= 11 is 5.88. The molecule has 2 N–H and O–H groups in total. The first-order chi connectivity index (χ1) is 8.08. The second kappa shape index (κ2) is 6.30. The lowest BCUT2D eigenvalue weighted by Crippen LogP contribution is -2.31. The predicted molar refractivity (Wildman–Crippen MR) is 72.3 cm³/mol. The van der Waals surface area contributed by atoms with Gasteiger partial charge in [-0.1, -0.05) is 24.6 Å². The van der Waals surface area contributed by atoms with E-state index in [9.17, 15) is 4.79 Å². The van der Waals surface area contributed by atoms with E-state index in [0.29, 0.717) is 29.4 Å². The van der Waals surface area contributed by atoms with Crippen LogP contribution in [0, 0.1) is 0 Å². The van der Waals surface area contributed by atoms with Crippen LogP contribution in [0.2, 0.25) is 5.02 Å². The number of hydrogen-bond acceptors (Lipinski definition) is 2. The topological polar surface area (TPSA) is 46.3 Å². The Morgan fingerprint density at radius 1 is 1.53 bits per heavy atom. The molecule has 0 radical (unpaired) electrons. The number of amides is 1. The highest BCUT2D eigenvalue weighted by Crippen LogP contribution is 2.18. The third-order valence-electron chi connectivity index (χ3n) is 2.30. The maximum absolute atomic E-state index is 12.2. The van der Waals surface area contributed by atoms with E-state index in [1.54, 1.807) is 29.2 Å². The highest BCUT2D eigenvalue weighted by atomic mass is 35.5. The van der Waals surface area contributed by atoms with Gasteiger partial charge in [0.05, 0.1) is 0 Å². The third-order valence-corrected chi connectivity index (χ3v) is 2.52. The summed E-state index contributed by atoms with van der Waals surface area (Å²) in [6.45, 7) is 6.89. The van der Waals surface area contributed by atoms with Crippen molar-refractivity contribution in [3.05, 3.63) is 41.4 Å². The van der Waals surface area contributed by atoms with Crippen LogP contribution in [-0.4, -0.2) is 23.9 Å². The molecular formula is C13H17ClN2O. The molecule has 0 spiro atoms. The number of halogens is 1. The van der Waals surface area contributed by atoms with Crippen LogP contribution in [0.3, 0.4) is 0 Å². The monoisotopic (exact) mass is 252 g/mol. The van der Waals surface area contributed by atoms with Crippen molar-refractivity contribution in [1.29, 1.82) is 0 Å². The van der Waals surface area contributed by atoms with Crippen molar-refractivity contribution >= 4 is 23.2 Å². The Balaban J connectivity index is 2.95. The molecule has 0 saturated heterocycles. The number of carbonyl (C=O) groups is 1. The molecule has 1 aromatic rings. The van der Waals surface area contributed by atoms with E-state index in [1.165, 1.54) is 0 Å². The smallest absolute Gasteiger partial charge is 0.254 e. The first-order valence-corrected chi connectivity index (χ1v) is 5.92. The van der Waals surface area contributed by atoms with Gasteiger partial charge in [-0.2, -0.15) is 0 Å². The van der Waals surface area contributed by atoms with Crippen molar-refractivity contribution in [1.82, 2.24) is 4.90 Å². The van der Waals surface area contributed by atoms with Crippen molar-refractivity contribution < 1.29 is 4.79 Å². The molecule has 92 valence electrons. The van der Waals surface area contributed by atoms with Crippen LogP contribution in [0.5, 0.6) is 0 Å². The zero-order valence-electron chi connectivity index (χ0n) is 9.95. The minimum absolute atomic E-state index is 0.0686. The molecule has 0 saturated carbocycles. The lowest BCUT2D eigenvalue weighted by molar-refractivity contribution is 0.0774. The molecule has 0 aliphatic carbocycles. The van der Waals surface area contributed by atoms with Crippen molar-refractivity contribution in [2.24, 2.45) is 0 Å². The number of rotatable bonds is 5. The van der Waals surface area contributed by atoms with E-state index in [0.717, 1.165) is 6.42 Å². The Morgan fingerprint density at radius 2 is 2.24 bits per heavy atom. The van der Waals surface area contributed by atoms with Crippen LogP contribution in [0.4, 0.5) is 5.69 Å². The van der Waals surface area contributed by atoms with Gasteiger partial charge in [0.2, 0.25) is 0 Å². The molecule has 0 aliphatic rings. The average Bonchev–Trinajstić information content (AvgIpc) is 2.26. The van der Waals surface area contributed by atoms with E-state index in [-0.39, 0.29) is 5.91 Å². The van der Waals surface area contributed by atoms with Crippen molar-refractivity contribution in [2.45, 2.75) is 13.3 Å². The van der Waals surface area contributed by atoms with Crippen molar-refractivity contribution in [2.75, 3.05) is 18.8 Å². The predicted octanol–water partition coefficient (Wildman–Crippen LogP) is 2.96.